The zero-order chi connectivity index (χ0) is 14.7. The van der Waals surface area contributed by atoms with Gasteiger partial charge >= 0.3 is 0 Å². The Morgan fingerprint density at radius 1 is 1.19 bits per heavy atom. The van der Waals surface area contributed by atoms with Gasteiger partial charge in [0, 0.05) is 12.2 Å². The Labute approximate surface area is 131 Å². The molecule has 0 bridgehead atoms. The lowest BCUT2D eigenvalue weighted by Gasteiger charge is -2.20. The number of hydrogen-bond donors (Lipinski definition) is 1. The highest BCUT2D eigenvalue weighted by molar-refractivity contribution is 9.10. The van der Waals surface area contributed by atoms with Gasteiger partial charge in [-0.3, -0.25) is 0 Å². The van der Waals surface area contributed by atoms with Crippen LogP contribution < -0.4 is 14.8 Å². The monoisotopic (exact) mass is 344 g/mol. The fourth-order valence-electron chi connectivity index (χ4n) is 2.17. The average molecular weight is 345 g/mol. The lowest BCUT2D eigenvalue weighted by Crippen LogP contribution is -2.16. The van der Waals surface area contributed by atoms with E-state index in [9.17, 15) is 0 Å². The molecule has 0 atom stereocenters. The maximum absolute atomic E-state index is 8.90. The second-order valence-corrected chi connectivity index (χ2v) is 5.50. The van der Waals surface area contributed by atoms with Gasteiger partial charge in [-0.25, -0.2) is 0 Å². The molecule has 1 heterocycles. The normalized spacial score (nSPS) is 12.6. The fourth-order valence-corrected chi connectivity index (χ4v) is 2.77. The number of benzene rings is 2. The molecular formula is C16H13BrN2O2. The summed E-state index contributed by atoms with van der Waals surface area (Å²) < 4.78 is 12.1. The molecule has 1 aliphatic heterocycles. The third kappa shape index (κ3) is 3.11. The van der Waals surface area contributed by atoms with Crippen LogP contribution in [0.1, 0.15) is 11.1 Å². The van der Waals surface area contributed by atoms with Crippen molar-refractivity contribution in [2.75, 3.05) is 18.5 Å². The Hall–Kier alpha value is -2.19. The predicted octanol–water partition coefficient (Wildman–Crippen LogP) is 3.70. The molecule has 2 aromatic carbocycles. The molecule has 21 heavy (non-hydrogen) atoms. The number of rotatable bonds is 3. The van der Waals surface area contributed by atoms with E-state index in [-0.39, 0.29) is 0 Å². The molecule has 0 amide bonds. The van der Waals surface area contributed by atoms with Crippen LogP contribution in [0.3, 0.4) is 0 Å². The average Bonchev–Trinajstić information content (AvgIpc) is 2.53. The van der Waals surface area contributed by atoms with Crippen LogP contribution in [0.25, 0.3) is 0 Å². The Bertz CT molecular complexity index is 710. The summed E-state index contributed by atoms with van der Waals surface area (Å²) in [6.45, 7) is 1.79. The van der Waals surface area contributed by atoms with E-state index in [0.717, 1.165) is 27.2 Å². The van der Waals surface area contributed by atoms with E-state index in [2.05, 4.69) is 27.3 Å². The zero-order valence-corrected chi connectivity index (χ0v) is 12.8. The highest BCUT2D eigenvalue weighted by Crippen LogP contribution is 2.38. The molecule has 0 aromatic heterocycles. The Morgan fingerprint density at radius 3 is 2.90 bits per heavy atom. The van der Waals surface area contributed by atoms with Crippen LogP contribution in [0, 0.1) is 11.3 Å². The van der Waals surface area contributed by atoms with Crippen molar-refractivity contribution >= 4 is 21.6 Å². The maximum Gasteiger partial charge on any atom is 0.175 e. The van der Waals surface area contributed by atoms with Crippen molar-refractivity contribution in [2.24, 2.45) is 0 Å². The van der Waals surface area contributed by atoms with Gasteiger partial charge in [0.25, 0.3) is 0 Å². The second-order valence-electron chi connectivity index (χ2n) is 4.65. The molecule has 0 saturated carbocycles. The van der Waals surface area contributed by atoms with E-state index >= 15 is 0 Å². The first-order valence-electron chi connectivity index (χ1n) is 6.58. The molecule has 4 nitrogen and oxygen atoms in total. The van der Waals surface area contributed by atoms with Crippen LogP contribution in [0.2, 0.25) is 0 Å². The van der Waals surface area contributed by atoms with Crippen LogP contribution in [0.4, 0.5) is 5.69 Å². The predicted molar refractivity (Wildman–Crippen MR) is 83.6 cm³/mol. The molecule has 3 rings (SSSR count). The maximum atomic E-state index is 8.90. The van der Waals surface area contributed by atoms with Gasteiger partial charge in [-0.2, -0.15) is 5.26 Å². The minimum atomic E-state index is 0.570. The van der Waals surface area contributed by atoms with Gasteiger partial charge in [0.15, 0.2) is 11.5 Å². The van der Waals surface area contributed by atoms with Gasteiger partial charge in [0.2, 0.25) is 0 Å². The third-order valence-corrected chi connectivity index (χ3v) is 3.73. The number of nitrogens with one attached hydrogen (secondary N) is 1. The van der Waals surface area contributed by atoms with Gasteiger partial charge < -0.3 is 14.8 Å². The highest BCUT2D eigenvalue weighted by Gasteiger charge is 2.16. The van der Waals surface area contributed by atoms with E-state index in [0.29, 0.717) is 25.3 Å². The Morgan fingerprint density at radius 2 is 2.05 bits per heavy atom. The van der Waals surface area contributed by atoms with E-state index in [1.54, 1.807) is 6.07 Å². The van der Waals surface area contributed by atoms with Gasteiger partial charge in [-0.1, -0.05) is 6.07 Å². The highest BCUT2D eigenvalue weighted by atomic mass is 79.9. The van der Waals surface area contributed by atoms with Crippen LogP contribution in [-0.2, 0) is 6.54 Å². The van der Waals surface area contributed by atoms with Gasteiger partial charge in [-0.15, -0.1) is 0 Å². The molecular weight excluding hydrogens is 332 g/mol. The van der Waals surface area contributed by atoms with Crippen molar-refractivity contribution in [1.82, 2.24) is 0 Å². The first kappa shape index (κ1) is 13.8. The first-order chi connectivity index (χ1) is 10.3. The third-order valence-electron chi connectivity index (χ3n) is 3.14. The van der Waals surface area contributed by atoms with Crippen molar-refractivity contribution in [2.45, 2.75) is 6.54 Å². The minimum absolute atomic E-state index is 0.570. The van der Waals surface area contributed by atoms with Crippen LogP contribution >= 0.6 is 15.9 Å². The number of hydrogen-bond acceptors (Lipinski definition) is 4. The van der Waals surface area contributed by atoms with E-state index in [1.165, 1.54) is 0 Å². The number of anilines is 1. The van der Waals surface area contributed by atoms with Gasteiger partial charge in [-0.05, 0) is 51.8 Å². The smallest absolute Gasteiger partial charge is 0.175 e. The molecule has 1 aliphatic rings. The number of ether oxygens (including phenoxy) is 2. The van der Waals surface area contributed by atoms with Crippen LogP contribution in [-0.4, -0.2) is 13.2 Å². The van der Waals surface area contributed by atoms with E-state index < -0.39 is 0 Å². The van der Waals surface area contributed by atoms with E-state index in [4.69, 9.17) is 14.7 Å². The topological polar surface area (TPSA) is 54.3 Å². The molecule has 5 heteroatoms. The van der Waals surface area contributed by atoms with Crippen LogP contribution in [0.5, 0.6) is 11.5 Å². The second kappa shape index (κ2) is 6.06. The SMILES string of the molecule is N#Cc1cccc(NCc2cc(Br)c3c(c2)OCCO3)c1. The standard InChI is InChI=1S/C16H13BrN2O2/c17-14-7-12(8-15-16(14)21-5-4-20-15)10-19-13-3-1-2-11(6-13)9-18/h1-3,6-8,19H,4-5,10H2. The number of halogens is 1. The lowest BCUT2D eigenvalue weighted by molar-refractivity contribution is 0.170. The Balaban J connectivity index is 1.76. The molecule has 1 N–H and O–H groups in total. The number of nitrogens with zero attached hydrogens (tertiary/aromatic N) is 1. The van der Waals surface area contributed by atoms with Crippen molar-refractivity contribution in [3.05, 3.63) is 52.0 Å². The Kier molecular flexibility index (Phi) is 3.98. The van der Waals surface area contributed by atoms with Crippen molar-refractivity contribution in [1.29, 1.82) is 5.26 Å². The summed E-state index contributed by atoms with van der Waals surface area (Å²) in [7, 11) is 0. The number of fused-ring (bicyclic) bond motifs is 1. The summed E-state index contributed by atoms with van der Waals surface area (Å²) in [5.74, 6) is 1.52. The van der Waals surface area contributed by atoms with Crippen molar-refractivity contribution in [3.63, 3.8) is 0 Å². The molecule has 0 radical (unpaired) electrons. The molecule has 2 aromatic rings. The number of nitriles is 1. The first-order valence-corrected chi connectivity index (χ1v) is 7.37. The lowest BCUT2D eigenvalue weighted by atomic mass is 10.1. The van der Waals surface area contributed by atoms with Crippen LogP contribution in [0.15, 0.2) is 40.9 Å². The minimum Gasteiger partial charge on any atom is -0.486 e. The van der Waals surface area contributed by atoms with Gasteiger partial charge in [0.1, 0.15) is 13.2 Å². The summed E-state index contributed by atoms with van der Waals surface area (Å²) in [6.07, 6.45) is 0. The summed E-state index contributed by atoms with van der Waals surface area (Å²) >= 11 is 3.51. The molecule has 0 fully saturated rings. The van der Waals surface area contributed by atoms with Gasteiger partial charge in [0.05, 0.1) is 16.1 Å². The molecule has 0 unspecified atom stereocenters. The molecule has 0 spiro atoms. The molecule has 106 valence electrons. The van der Waals surface area contributed by atoms with Crippen molar-refractivity contribution in [3.8, 4) is 17.6 Å². The molecule has 0 aliphatic carbocycles. The summed E-state index contributed by atoms with van der Waals surface area (Å²) in [5.41, 5.74) is 2.64. The van der Waals surface area contributed by atoms with Crippen molar-refractivity contribution < 1.29 is 9.47 Å². The molecule has 0 saturated heterocycles. The summed E-state index contributed by atoms with van der Waals surface area (Å²) in [5, 5.41) is 12.2. The van der Waals surface area contributed by atoms with E-state index in [1.807, 2.05) is 30.3 Å². The zero-order valence-electron chi connectivity index (χ0n) is 11.2. The summed E-state index contributed by atoms with van der Waals surface area (Å²) in [4.78, 5) is 0. The summed E-state index contributed by atoms with van der Waals surface area (Å²) in [6, 6.07) is 13.5. The largest absolute Gasteiger partial charge is 0.486 e. The fraction of sp³-hybridized carbons (Fsp3) is 0.188. The quantitative estimate of drug-likeness (QED) is 0.922.